The third-order valence-electron chi connectivity index (χ3n) is 4.53. The van der Waals surface area contributed by atoms with Crippen LogP contribution in [0, 0.1) is 18.3 Å². The van der Waals surface area contributed by atoms with Crippen LogP contribution >= 0.6 is 0 Å². The van der Waals surface area contributed by atoms with Crippen molar-refractivity contribution in [3.63, 3.8) is 0 Å². The van der Waals surface area contributed by atoms with Gasteiger partial charge in [-0.2, -0.15) is 13.2 Å². The monoisotopic (exact) mass is 334 g/mol. The molecule has 2 heterocycles. The molecule has 1 aromatic heterocycles. The Balaban J connectivity index is 2.13. The predicted molar refractivity (Wildman–Crippen MR) is 76.7 cm³/mol. The zero-order chi connectivity index (χ0) is 17.4. The fourth-order valence-corrected chi connectivity index (χ4v) is 2.71. The Labute approximate surface area is 132 Å². The number of hydrogen-bond donors (Lipinski definition) is 2. The van der Waals surface area contributed by atoms with Gasteiger partial charge in [-0.15, -0.1) is 0 Å². The molecule has 0 spiro atoms. The number of aliphatic hydroxyl groups excluding tert-OH is 1. The SMILES string of the molecule is Cc1ccc(C(NC(=O)N2CC(C)C(C)(CO)C2)C(F)(F)F)o1. The van der Waals surface area contributed by atoms with Crippen molar-refractivity contribution in [2.45, 2.75) is 33.0 Å². The number of hydrogen-bond acceptors (Lipinski definition) is 3. The fraction of sp³-hybridized carbons (Fsp3) is 0.667. The number of amides is 2. The van der Waals surface area contributed by atoms with E-state index in [0.29, 0.717) is 12.3 Å². The van der Waals surface area contributed by atoms with Crippen LogP contribution < -0.4 is 5.32 Å². The molecular formula is C15H21F3N2O3. The van der Waals surface area contributed by atoms with Gasteiger partial charge < -0.3 is 19.7 Å². The number of carbonyl (C=O) groups excluding carboxylic acids is 1. The van der Waals surface area contributed by atoms with Crippen molar-refractivity contribution >= 4 is 6.03 Å². The van der Waals surface area contributed by atoms with Crippen molar-refractivity contribution in [1.82, 2.24) is 10.2 Å². The molecule has 1 aliphatic rings. The Hall–Kier alpha value is -1.70. The molecule has 0 saturated carbocycles. The van der Waals surface area contributed by atoms with Gasteiger partial charge in [-0.1, -0.05) is 13.8 Å². The second kappa shape index (κ2) is 6.07. The van der Waals surface area contributed by atoms with E-state index in [-0.39, 0.29) is 24.8 Å². The van der Waals surface area contributed by atoms with Crippen molar-refractivity contribution in [1.29, 1.82) is 0 Å². The average molecular weight is 334 g/mol. The van der Waals surface area contributed by atoms with Crippen molar-refractivity contribution in [2.24, 2.45) is 11.3 Å². The van der Waals surface area contributed by atoms with Crippen LogP contribution in [0.15, 0.2) is 16.5 Å². The van der Waals surface area contributed by atoms with Crippen molar-refractivity contribution in [3.05, 3.63) is 23.7 Å². The summed E-state index contributed by atoms with van der Waals surface area (Å²) in [6.07, 6.45) is -4.66. The predicted octanol–water partition coefficient (Wildman–Crippen LogP) is 2.85. The molecule has 0 aromatic carbocycles. The maximum absolute atomic E-state index is 13.2. The van der Waals surface area contributed by atoms with E-state index >= 15 is 0 Å². The van der Waals surface area contributed by atoms with E-state index in [9.17, 15) is 23.1 Å². The van der Waals surface area contributed by atoms with Crippen LogP contribution in [0.4, 0.5) is 18.0 Å². The first-order valence-electron chi connectivity index (χ1n) is 7.36. The first-order valence-corrected chi connectivity index (χ1v) is 7.36. The largest absolute Gasteiger partial charge is 0.464 e. The van der Waals surface area contributed by atoms with Crippen LogP contribution in [0.25, 0.3) is 0 Å². The number of alkyl halides is 3. The van der Waals surface area contributed by atoms with Crippen LogP contribution in [-0.2, 0) is 0 Å². The molecule has 1 aromatic rings. The summed E-state index contributed by atoms with van der Waals surface area (Å²) in [6.45, 7) is 5.58. The highest BCUT2D eigenvalue weighted by atomic mass is 19.4. The molecule has 130 valence electrons. The molecule has 2 N–H and O–H groups in total. The quantitative estimate of drug-likeness (QED) is 0.893. The molecule has 0 bridgehead atoms. The maximum Gasteiger partial charge on any atom is 0.416 e. The van der Waals surface area contributed by atoms with Crippen LogP contribution in [0.5, 0.6) is 0 Å². The van der Waals surface area contributed by atoms with Crippen molar-refractivity contribution < 1.29 is 27.5 Å². The molecule has 1 saturated heterocycles. The van der Waals surface area contributed by atoms with Crippen LogP contribution in [-0.4, -0.2) is 41.9 Å². The molecule has 1 fully saturated rings. The summed E-state index contributed by atoms with van der Waals surface area (Å²) < 4.78 is 44.7. The third kappa shape index (κ3) is 3.63. The summed E-state index contributed by atoms with van der Waals surface area (Å²) >= 11 is 0. The summed E-state index contributed by atoms with van der Waals surface area (Å²) in [6, 6.07) is -0.385. The lowest BCUT2D eigenvalue weighted by atomic mass is 9.82. The normalized spacial score (nSPS) is 26.4. The van der Waals surface area contributed by atoms with Crippen LogP contribution in [0.3, 0.4) is 0 Å². The van der Waals surface area contributed by atoms with Crippen LogP contribution in [0.1, 0.15) is 31.4 Å². The number of aliphatic hydroxyl groups is 1. The number of likely N-dealkylation sites (tertiary alicyclic amines) is 1. The fourth-order valence-electron chi connectivity index (χ4n) is 2.71. The highest BCUT2D eigenvalue weighted by Crippen LogP contribution is 2.37. The van der Waals surface area contributed by atoms with Gasteiger partial charge in [-0.05, 0) is 25.0 Å². The minimum Gasteiger partial charge on any atom is -0.464 e. The van der Waals surface area contributed by atoms with Gasteiger partial charge in [0.15, 0.2) is 6.04 Å². The van der Waals surface area contributed by atoms with E-state index in [2.05, 4.69) is 0 Å². The smallest absolute Gasteiger partial charge is 0.416 e. The Kier molecular flexibility index (Phi) is 4.66. The highest BCUT2D eigenvalue weighted by Gasteiger charge is 2.47. The summed E-state index contributed by atoms with van der Waals surface area (Å²) in [4.78, 5) is 13.5. The van der Waals surface area contributed by atoms with Gasteiger partial charge in [0.1, 0.15) is 11.5 Å². The van der Waals surface area contributed by atoms with Gasteiger partial charge in [0.2, 0.25) is 0 Å². The van der Waals surface area contributed by atoms with Gasteiger partial charge >= 0.3 is 12.2 Å². The minimum absolute atomic E-state index is 0.00607. The number of nitrogens with zero attached hydrogens (tertiary/aromatic N) is 1. The molecule has 5 nitrogen and oxygen atoms in total. The van der Waals surface area contributed by atoms with E-state index < -0.39 is 23.7 Å². The third-order valence-corrected chi connectivity index (χ3v) is 4.53. The lowest BCUT2D eigenvalue weighted by Crippen LogP contribution is -2.45. The molecule has 2 rings (SSSR count). The summed E-state index contributed by atoms with van der Waals surface area (Å²) in [7, 11) is 0. The Morgan fingerprint density at radius 3 is 2.65 bits per heavy atom. The van der Waals surface area contributed by atoms with E-state index in [4.69, 9.17) is 4.42 Å². The second-order valence-corrected chi connectivity index (χ2v) is 6.47. The Bertz CT molecular complexity index is 573. The van der Waals surface area contributed by atoms with Gasteiger partial charge in [-0.3, -0.25) is 0 Å². The second-order valence-electron chi connectivity index (χ2n) is 6.47. The van der Waals surface area contributed by atoms with E-state index in [1.807, 2.05) is 19.2 Å². The van der Waals surface area contributed by atoms with Gasteiger partial charge in [0.25, 0.3) is 0 Å². The number of aryl methyl sites for hydroxylation is 1. The molecule has 3 unspecified atom stereocenters. The van der Waals surface area contributed by atoms with Crippen LogP contribution in [0.2, 0.25) is 0 Å². The Morgan fingerprint density at radius 2 is 2.22 bits per heavy atom. The lowest BCUT2D eigenvalue weighted by Gasteiger charge is -2.26. The van der Waals surface area contributed by atoms with Crippen molar-refractivity contribution in [2.75, 3.05) is 19.7 Å². The van der Waals surface area contributed by atoms with E-state index in [1.54, 1.807) is 0 Å². The van der Waals surface area contributed by atoms with Gasteiger partial charge in [0, 0.05) is 18.5 Å². The number of nitrogens with one attached hydrogen (secondary N) is 1. The standard InChI is InChI=1S/C15H21F3N2O3/c1-9-6-20(7-14(9,3)8-21)13(22)19-12(15(16,17)18)11-5-4-10(2)23-11/h4-5,9,12,21H,6-8H2,1-3H3,(H,19,22). The minimum atomic E-state index is -4.66. The first-order chi connectivity index (χ1) is 10.6. The molecule has 0 radical (unpaired) electrons. The van der Waals surface area contributed by atoms with E-state index in [0.717, 1.165) is 0 Å². The molecule has 23 heavy (non-hydrogen) atoms. The molecule has 2 amide bonds. The molecule has 1 aliphatic heterocycles. The summed E-state index contributed by atoms with van der Waals surface area (Å²) in [5.41, 5.74) is -0.508. The molecular weight excluding hydrogens is 313 g/mol. The number of urea groups is 1. The zero-order valence-electron chi connectivity index (χ0n) is 13.3. The zero-order valence-corrected chi connectivity index (χ0v) is 13.3. The molecule has 3 atom stereocenters. The van der Waals surface area contributed by atoms with Gasteiger partial charge in [0.05, 0.1) is 6.61 Å². The first kappa shape index (κ1) is 17.7. The summed E-state index contributed by atoms with van der Waals surface area (Å²) in [5.74, 6) is -0.0138. The molecule has 8 heteroatoms. The number of halogens is 3. The topological polar surface area (TPSA) is 65.7 Å². The summed E-state index contributed by atoms with van der Waals surface area (Å²) in [5, 5.41) is 11.4. The van der Waals surface area contributed by atoms with Gasteiger partial charge in [-0.25, -0.2) is 4.79 Å². The maximum atomic E-state index is 13.2. The highest BCUT2D eigenvalue weighted by molar-refractivity contribution is 5.75. The number of carbonyl (C=O) groups is 1. The Morgan fingerprint density at radius 1 is 1.57 bits per heavy atom. The average Bonchev–Trinajstić information content (AvgIpc) is 3.00. The van der Waals surface area contributed by atoms with Crippen molar-refractivity contribution in [3.8, 4) is 0 Å². The number of furan rings is 1. The lowest BCUT2D eigenvalue weighted by molar-refractivity contribution is -0.159. The molecule has 0 aliphatic carbocycles. The number of rotatable bonds is 3. The van der Waals surface area contributed by atoms with E-state index in [1.165, 1.54) is 24.0 Å².